The van der Waals surface area contributed by atoms with Gasteiger partial charge in [0.05, 0.1) is 18.6 Å². The van der Waals surface area contributed by atoms with Gasteiger partial charge in [0.15, 0.2) is 0 Å². The second-order valence-electron chi connectivity index (χ2n) is 4.34. The highest BCUT2D eigenvalue weighted by atomic mass is 32.2. The van der Waals surface area contributed by atoms with Crippen LogP contribution in [0.3, 0.4) is 0 Å². The van der Waals surface area contributed by atoms with Gasteiger partial charge in [0, 0.05) is 19.6 Å². The summed E-state index contributed by atoms with van der Waals surface area (Å²) >= 11 is 1.81. The number of furan rings is 1. The second-order valence-corrected chi connectivity index (χ2v) is 5.45. The van der Waals surface area contributed by atoms with Crippen molar-refractivity contribution in [3.8, 4) is 0 Å². The summed E-state index contributed by atoms with van der Waals surface area (Å²) in [6, 6.07) is 3.87. The Morgan fingerprint density at radius 3 is 3.26 bits per heavy atom. The molecule has 0 radical (unpaired) electrons. The van der Waals surface area contributed by atoms with Crippen molar-refractivity contribution >= 4 is 17.7 Å². The molecule has 6 heteroatoms. The van der Waals surface area contributed by atoms with Gasteiger partial charge in [-0.1, -0.05) is 0 Å². The highest BCUT2D eigenvalue weighted by Crippen LogP contribution is 2.12. The van der Waals surface area contributed by atoms with Crippen LogP contribution < -0.4 is 10.6 Å². The molecule has 0 bridgehead atoms. The van der Waals surface area contributed by atoms with E-state index in [9.17, 15) is 4.79 Å². The average Bonchev–Trinajstić information content (AvgIpc) is 2.96. The van der Waals surface area contributed by atoms with E-state index < -0.39 is 0 Å². The number of carbonyl (C=O) groups is 1. The number of nitrogens with one attached hydrogen (secondary N) is 2. The first kappa shape index (κ1) is 14.4. The summed E-state index contributed by atoms with van der Waals surface area (Å²) < 4.78 is 10.6. The van der Waals surface area contributed by atoms with Crippen molar-refractivity contribution in [2.24, 2.45) is 0 Å². The van der Waals surface area contributed by atoms with Crippen molar-refractivity contribution in [1.82, 2.24) is 10.6 Å². The van der Waals surface area contributed by atoms with Crippen molar-refractivity contribution in [1.29, 1.82) is 0 Å². The molecule has 1 unspecified atom stereocenters. The number of ether oxygens (including phenoxy) is 1. The number of morpholine rings is 1. The lowest BCUT2D eigenvalue weighted by molar-refractivity contribution is -0.134. The van der Waals surface area contributed by atoms with E-state index >= 15 is 0 Å². The molecule has 1 fully saturated rings. The van der Waals surface area contributed by atoms with Crippen LogP contribution in [-0.2, 0) is 15.3 Å². The predicted octanol–water partition coefficient (Wildman–Crippen LogP) is 1.01. The Morgan fingerprint density at radius 1 is 1.58 bits per heavy atom. The molecule has 19 heavy (non-hydrogen) atoms. The minimum Gasteiger partial charge on any atom is -0.468 e. The first-order valence-corrected chi connectivity index (χ1v) is 7.72. The van der Waals surface area contributed by atoms with Gasteiger partial charge in [-0.25, -0.2) is 0 Å². The minimum atomic E-state index is -0.329. The summed E-state index contributed by atoms with van der Waals surface area (Å²) in [5, 5.41) is 6.05. The molecule has 1 atom stereocenters. The van der Waals surface area contributed by atoms with Gasteiger partial charge in [-0.2, -0.15) is 11.8 Å². The van der Waals surface area contributed by atoms with E-state index in [1.807, 2.05) is 23.9 Å². The molecular formula is C13H20N2O3S. The summed E-state index contributed by atoms with van der Waals surface area (Å²) in [5.74, 6) is 2.88. The zero-order chi connectivity index (χ0) is 13.3. The molecule has 1 aliphatic rings. The van der Waals surface area contributed by atoms with Crippen LogP contribution in [0.1, 0.15) is 12.2 Å². The highest BCUT2D eigenvalue weighted by molar-refractivity contribution is 7.98. The zero-order valence-electron chi connectivity index (χ0n) is 10.9. The maximum atomic E-state index is 11.7. The maximum absolute atomic E-state index is 11.7. The zero-order valence-corrected chi connectivity index (χ0v) is 11.7. The van der Waals surface area contributed by atoms with Gasteiger partial charge in [0.2, 0.25) is 5.91 Å². The van der Waals surface area contributed by atoms with Gasteiger partial charge < -0.3 is 19.8 Å². The molecular weight excluding hydrogens is 264 g/mol. The Morgan fingerprint density at radius 2 is 2.53 bits per heavy atom. The van der Waals surface area contributed by atoms with E-state index in [1.165, 1.54) is 0 Å². The lowest BCUT2D eigenvalue weighted by Gasteiger charge is -2.22. The lowest BCUT2D eigenvalue weighted by atomic mass is 10.3. The monoisotopic (exact) mass is 284 g/mol. The largest absolute Gasteiger partial charge is 0.468 e. The predicted molar refractivity (Wildman–Crippen MR) is 75.1 cm³/mol. The molecule has 2 rings (SSSR count). The van der Waals surface area contributed by atoms with Crippen molar-refractivity contribution in [2.75, 3.05) is 32.0 Å². The van der Waals surface area contributed by atoms with Crippen LogP contribution >= 0.6 is 11.8 Å². The van der Waals surface area contributed by atoms with Crippen LogP contribution in [0.15, 0.2) is 22.8 Å². The lowest BCUT2D eigenvalue weighted by Crippen LogP contribution is -2.48. The molecule has 0 aromatic carbocycles. The topological polar surface area (TPSA) is 63.5 Å². The summed E-state index contributed by atoms with van der Waals surface area (Å²) in [6.07, 6.45) is 2.32. The smallest absolute Gasteiger partial charge is 0.250 e. The number of amides is 1. The number of carbonyl (C=O) groups excluding carboxylic acids is 1. The normalized spacial score (nSPS) is 19.3. The van der Waals surface area contributed by atoms with Crippen LogP contribution in [0.2, 0.25) is 0 Å². The fourth-order valence-electron chi connectivity index (χ4n) is 1.80. The Balaban J connectivity index is 1.48. The van der Waals surface area contributed by atoms with Crippen LogP contribution in [0.5, 0.6) is 0 Å². The van der Waals surface area contributed by atoms with Crippen molar-refractivity contribution in [2.45, 2.75) is 18.3 Å². The molecule has 2 heterocycles. The molecule has 0 saturated carbocycles. The van der Waals surface area contributed by atoms with Crippen LogP contribution in [0, 0.1) is 0 Å². The first-order valence-electron chi connectivity index (χ1n) is 6.56. The molecule has 2 N–H and O–H groups in total. The van der Waals surface area contributed by atoms with Gasteiger partial charge in [-0.15, -0.1) is 0 Å². The number of thioether (sulfide) groups is 1. The third-order valence-electron chi connectivity index (χ3n) is 2.81. The third-order valence-corrected chi connectivity index (χ3v) is 3.88. The number of rotatable bonds is 7. The Hall–Kier alpha value is -0.980. The van der Waals surface area contributed by atoms with E-state index in [2.05, 4.69) is 10.6 Å². The van der Waals surface area contributed by atoms with Crippen molar-refractivity contribution in [3.05, 3.63) is 24.2 Å². The number of hydrogen-bond acceptors (Lipinski definition) is 5. The third kappa shape index (κ3) is 5.26. The van der Waals surface area contributed by atoms with Crippen LogP contribution in [-0.4, -0.2) is 44.0 Å². The summed E-state index contributed by atoms with van der Waals surface area (Å²) in [5.41, 5.74) is 0. The van der Waals surface area contributed by atoms with Gasteiger partial charge in [-0.05, 0) is 24.3 Å². The van der Waals surface area contributed by atoms with Gasteiger partial charge in [-0.3, -0.25) is 4.79 Å². The minimum absolute atomic E-state index is 0.0109. The standard InChI is InChI=1S/C13H20N2O3S/c16-13(12-9-14-5-7-18-12)15-4-2-8-19-10-11-3-1-6-17-11/h1,3,6,12,14H,2,4-5,7-10H2,(H,15,16). The van der Waals surface area contributed by atoms with Crippen LogP contribution in [0.4, 0.5) is 0 Å². The number of hydrogen-bond donors (Lipinski definition) is 2. The van der Waals surface area contributed by atoms with Gasteiger partial charge in [0.25, 0.3) is 0 Å². The Bertz CT molecular complexity index is 364. The first-order chi connectivity index (χ1) is 9.36. The van der Waals surface area contributed by atoms with E-state index in [1.54, 1.807) is 6.26 Å². The quantitative estimate of drug-likeness (QED) is 0.732. The molecule has 1 amide bonds. The van der Waals surface area contributed by atoms with Crippen LogP contribution in [0.25, 0.3) is 0 Å². The molecule has 1 aromatic heterocycles. The van der Waals surface area contributed by atoms with Gasteiger partial charge in [0.1, 0.15) is 11.9 Å². The van der Waals surface area contributed by atoms with E-state index in [0.29, 0.717) is 19.7 Å². The fourth-order valence-corrected chi connectivity index (χ4v) is 2.66. The SMILES string of the molecule is O=C(NCCCSCc1ccco1)C1CNCCO1. The van der Waals surface area contributed by atoms with E-state index in [0.717, 1.165) is 30.2 Å². The molecule has 1 aromatic rings. The second kappa shape index (κ2) is 8.24. The summed E-state index contributed by atoms with van der Waals surface area (Å²) in [6.45, 7) is 2.74. The van der Waals surface area contributed by atoms with Crippen molar-refractivity contribution < 1.29 is 13.9 Å². The molecule has 106 valence electrons. The molecule has 0 aliphatic carbocycles. The average molecular weight is 284 g/mol. The summed E-state index contributed by atoms with van der Waals surface area (Å²) in [7, 11) is 0. The molecule has 1 saturated heterocycles. The maximum Gasteiger partial charge on any atom is 0.250 e. The Labute approximate surface area is 117 Å². The van der Waals surface area contributed by atoms with E-state index in [4.69, 9.17) is 9.15 Å². The molecule has 1 aliphatic heterocycles. The summed E-state index contributed by atoms with van der Waals surface area (Å²) in [4.78, 5) is 11.7. The highest BCUT2D eigenvalue weighted by Gasteiger charge is 2.20. The molecule has 5 nitrogen and oxygen atoms in total. The van der Waals surface area contributed by atoms with Gasteiger partial charge >= 0.3 is 0 Å². The van der Waals surface area contributed by atoms with Crippen molar-refractivity contribution in [3.63, 3.8) is 0 Å². The fraction of sp³-hybridized carbons (Fsp3) is 0.615. The Kier molecular flexibility index (Phi) is 6.26. The van der Waals surface area contributed by atoms with E-state index in [-0.39, 0.29) is 12.0 Å². The molecule has 0 spiro atoms.